The number of hydrogen-bond donors (Lipinski definition) is 1. The van der Waals surface area contributed by atoms with Crippen molar-refractivity contribution in [2.45, 2.75) is 12.6 Å². The first-order valence-corrected chi connectivity index (χ1v) is 5.39. The van der Waals surface area contributed by atoms with Crippen molar-refractivity contribution >= 4 is 24.0 Å². The third-order valence-corrected chi connectivity index (χ3v) is 2.96. The Balaban J connectivity index is 0.00000128. The van der Waals surface area contributed by atoms with Gasteiger partial charge in [0.05, 0.1) is 0 Å². The van der Waals surface area contributed by atoms with E-state index in [9.17, 15) is 4.39 Å². The van der Waals surface area contributed by atoms with E-state index in [0.717, 1.165) is 25.2 Å². The van der Waals surface area contributed by atoms with E-state index in [4.69, 9.17) is 11.6 Å². The first kappa shape index (κ1) is 13.7. The smallest absolute Gasteiger partial charge is 0.125 e. The molecule has 5 heteroatoms. The van der Waals surface area contributed by atoms with Crippen LogP contribution in [0.5, 0.6) is 0 Å². The Hall–Kier alpha value is -0.350. The molecule has 0 aliphatic carbocycles. The molecule has 1 aromatic rings. The minimum absolute atomic E-state index is 0. The lowest BCUT2D eigenvalue weighted by Gasteiger charge is -2.35. The second-order valence-electron chi connectivity index (χ2n) is 4.00. The highest BCUT2D eigenvalue weighted by molar-refractivity contribution is 6.30. The minimum atomic E-state index is -0.266. The predicted octanol–water partition coefficient (Wildman–Crippen LogP) is 2.30. The zero-order valence-electron chi connectivity index (χ0n) is 9.04. The zero-order valence-corrected chi connectivity index (χ0v) is 10.6. The SMILES string of the molecule is CN(Cc1cc(F)cc(Cl)c1)C1CNC1.Cl. The van der Waals surface area contributed by atoms with Gasteiger partial charge in [-0.05, 0) is 30.8 Å². The average molecular weight is 265 g/mol. The molecule has 1 aliphatic rings. The van der Waals surface area contributed by atoms with Gasteiger partial charge < -0.3 is 5.32 Å². The Kier molecular flexibility index (Phi) is 4.99. The molecule has 1 fully saturated rings. The van der Waals surface area contributed by atoms with E-state index < -0.39 is 0 Å². The van der Waals surface area contributed by atoms with Crippen molar-refractivity contribution < 1.29 is 4.39 Å². The van der Waals surface area contributed by atoms with Crippen molar-refractivity contribution in [1.29, 1.82) is 0 Å². The minimum Gasteiger partial charge on any atom is -0.314 e. The predicted molar refractivity (Wildman–Crippen MR) is 66.8 cm³/mol. The van der Waals surface area contributed by atoms with Crippen LogP contribution in [0.15, 0.2) is 18.2 Å². The highest BCUT2D eigenvalue weighted by Crippen LogP contribution is 2.16. The lowest BCUT2D eigenvalue weighted by atomic mass is 10.1. The van der Waals surface area contributed by atoms with E-state index >= 15 is 0 Å². The third kappa shape index (κ3) is 3.32. The molecule has 1 aromatic carbocycles. The molecular formula is C11H15Cl2FN2. The fourth-order valence-corrected chi connectivity index (χ4v) is 1.95. The molecule has 1 heterocycles. The quantitative estimate of drug-likeness (QED) is 0.902. The van der Waals surface area contributed by atoms with Crippen molar-refractivity contribution in [2.24, 2.45) is 0 Å². The number of nitrogens with zero attached hydrogens (tertiary/aromatic N) is 1. The lowest BCUT2D eigenvalue weighted by Crippen LogP contribution is -2.55. The van der Waals surface area contributed by atoms with Gasteiger partial charge >= 0.3 is 0 Å². The molecule has 0 atom stereocenters. The number of hydrogen-bond acceptors (Lipinski definition) is 2. The summed E-state index contributed by atoms with van der Waals surface area (Å²) in [5, 5.41) is 3.67. The Bertz CT molecular complexity index is 336. The number of nitrogens with one attached hydrogen (secondary N) is 1. The average Bonchev–Trinajstić information content (AvgIpc) is 1.96. The first-order valence-electron chi connectivity index (χ1n) is 5.01. The van der Waals surface area contributed by atoms with E-state index in [-0.39, 0.29) is 18.2 Å². The highest BCUT2D eigenvalue weighted by Gasteiger charge is 2.21. The van der Waals surface area contributed by atoms with Gasteiger partial charge in [-0.15, -0.1) is 12.4 Å². The van der Waals surface area contributed by atoms with Crippen LogP contribution in [0, 0.1) is 5.82 Å². The molecule has 0 aromatic heterocycles. The molecule has 1 saturated heterocycles. The van der Waals surface area contributed by atoms with Crippen LogP contribution >= 0.6 is 24.0 Å². The van der Waals surface area contributed by atoms with E-state index in [2.05, 4.69) is 10.2 Å². The molecule has 0 unspecified atom stereocenters. The molecule has 1 N–H and O–H groups in total. The fraction of sp³-hybridized carbons (Fsp3) is 0.455. The van der Waals surface area contributed by atoms with Crippen LogP contribution in [0.2, 0.25) is 5.02 Å². The van der Waals surface area contributed by atoms with Crippen molar-refractivity contribution in [3.63, 3.8) is 0 Å². The van der Waals surface area contributed by atoms with E-state index in [1.807, 2.05) is 13.1 Å². The standard InChI is InChI=1S/C11H14ClFN2.ClH/c1-15(11-5-14-6-11)7-8-2-9(12)4-10(13)3-8;/h2-4,11,14H,5-7H2,1H3;1H. The Morgan fingerprint density at radius 2 is 2.12 bits per heavy atom. The second-order valence-corrected chi connectivity index (χ2v) is 4.44. The summed E-state index contributed by atoms with van der Waals surface area (Å²) in [4.78, 5) is 2.21. The van der Waals surface area contributed by atoms with Gasteiger partial charge in [0.25, 0.3) is 0 Å². The van der Waals surface area contributed by atoms with Gasteiger partial charge in [-0.25, -0.2) is 4.39 Å². The summed E-state index contributed by atoms with van der Waals surface area (Å²) in [5.74, 6) is -0.266. The summed E-state index contributed by atoms with van der Waals surface area (Å²) in [7, 11) is 2.05. The van der Waals surface area contributed by atoms with Crippen LogP contribution < -0.4 is 5.32 Å². The maximum Gasteiger partial charge on any atom is 0.125 e. The summed E-state index contributed by atoms with van der Waals surface area (Å²) in [6.45, 7) is 2.77. The van der Waals surface area contributed by atoms with Gasteiger partial charge in [-0.3, -0.25) is 4.90 Å². The zero-order chi connectivity index (χ0) is 10.8. The van der Waals surface area contributed by atoms with Crippen LogP contribution in [0.1, 0.15) is 5.56 Å². The maximum atomic E-state index is 13.1. The fourth-order valence-electron chi connectivity index (χ4n) is 1.70. The molecule has 0 amide bonds. The molecule has 90 valence electrons. The van der Waals surface area contributed by atoms with E-state index in [0.29, 0.717) is 11.1 Å². The monoisotopic (exact) mass is 264 g/mol. The summed E-state index contributed by atoms with van der Waals surface area (Å²) >= 11 is 5.79. The second kappa shape index (κ2) is 5.82. The van der Waals surface area contributed by atoms with Gasteiger partial charge in [0, 0.05) is 30.7 Å². The first-order chi connectivity index (χ1) is 7.15. The highest BCUT2D eigenvalue weighted by atomic mass is 35.5. The maximum absolute atomic E-state index is 13.1. The summed E-state index contributed by atoms with van der Waals surface area (Å²) < 4.78 is 13.1. The summed E-state index contributed by atoms with van der Waals surface area (Å²) in [6, 6.07) is 5.24. The Morgan fingerprint density at radius 1 is 1.44 bits per heavy atom. The van der Waals surface area contributed by atoms with Crippen LogP contribution in [0.3, 0.4) is 0 Å². The molecular weight excluding hydrogens is 250 g/mol. The summed E-state index contributed by atoms with van der Waals surface area (Å²) in [6.07, 6.45) is 0. The van der Waals surface area contributed by atoms with Crippen LogP contribution in [0.25, 0.3) is 0 Å². The Morgan fingerprint density at radius 3 is 2.62 bits per heavy atom. The number of likely N-dealkylation sites (N-methyl/N-ethyl adjacent to an activating group) is 1. The van der Waals surface area contributed by atoms with Gasteiger partial charge in [0.2, 0.25) is 0 Å². The molecule has 2 rings (SSSR count). The van der Waals surface area contributed by atoms with Crippen LogP contribution in [-0.2, 0) is 6.54 Å². The van der Waals surface area contributed by atoms with Crippen LogP contribution in [0.4, 0.5) is 4.39 Å². The van der Waals surface area contributed by atoms with Crippen molar-refractivity contribution in [2.75, 3.05) is 20.1 Å². The molecule has 1 aliphatic heterocycles. The molecule has 0 saturated carbocycles. The topological polar surface area (TPSA) is 15.3 Å². The van der Waals surface area contributed by atoms with Crippen molar-refractivity contribution in [3.05, 3.63) is 34.6 Å². The van der Waals surface area contributed by atoms with Crippen LogP contribution in [-0.4, -0.2) is 31.1 Å². The normalized spacial score (nSPS) is 15.8. The number of halogens is 3. The molecule has 0 radical (unpaired) electrons. The lowest BCUT2D eigenvalue weighted by molar-refractivity contribution is 0.173. The van der Waals surface area contributed by atoms with Gasteiger partial charge in [0.15, 0.2) is 0 Å². The van der Waals surface area contributed by atoms with E-state index in [1.165, 1.54) is 12.1 Å². The summed E-state index contributed by atoms with van der Waals surface area (Å²) in [5.41, 5.74) is 0.925. The third-order valence-electron chi connectivity index (χ3n) is 2.74. The molecule has 16 heavy (non-hydrogen) atoms. The van der Waals surface area contributed by atoms with Gasteiger partial charge in [0.1, 0.15) is 5.82 Å². The molecule has 2 nitrogen and oxygen atoms in total. The molecule has 0 bridgehead atoms. The van der Waals surface area contributed by atoms with Crippen molar-refractivity contribution in [1.82, 2.24) is 10.2 Å². The van der Waals surface area contributed by atoms with E-state index in [1.54, 1.807) is 0 Å². The number of benzene rings is 1. The molecule has 0 spiro atoms. The number of rotatable bonds is 3. The van der Waals surface area contributed by atoms with Crippen molar-refractivity contribution in [3.8, 4) is 0 Å². The Labute approximate surface area is 106 Å². The van der Waals surface area contributed by atoms with Gasteiger partial charge in [-0.1, -0.05) is 11.6 Å². The van der Waals surface area contributed by atoms with Gasteiger partial charge in [-0.2, -0.15) is 0 Å². The largest absolute Gasteiger partial charge is 0.314 e.